The van der Waals surface area contributed by atoms with Gasteiger partial charge in [0, 0.05) is 12.2 Å². The van der Waals surface area contributed by atoms with Crippen molar-refractivity contribution in [2.45, 2.75) is 0 Å². The van der Waals surface area contributed by atoms with Gasteiger partial charge in [-0.25, -0.2) is 4.79 Å². The Hall–Kier alpha value is -2.17. The predicted octanol–water partition coefficient (Wildman–Crippen LogP) is -0.700. The van der Waals surface area contributed by atoms with Gasteiger partial charge in [0.15, 0.2) is 0 Å². The lowest BCUT2D eigenvalue weighted by atomic mass is 10.5. The maximum atomic E-state index is 11.4. The van der Waals surface area contributed by atoms with E-state index in [1.54, 1.807) is 0 Å². The summed E-state index contributed by atoms with van der Waals surface area (Å²) < 4.78 is 74.7. The number of imide groups is 1. The maximum absolute atomic E-state index is 11.4. The number of esters is 1. The van der Waals surface area contributed by atoms with E-state index in [0.29, 0.717) is 159 Å². The van der Waals surface area contributed by atoms with Crippen LogP contribution in [0.2, 0.25) is 0 Å². The van der Waals surface area contributed by atoms with E-state index in [0.717, 1.165) is 4.90 Å². The first-order chi connectivity index (χ1) is 25.1. The largest absolute Gasteiger partial charge is 0.467 e. The summed E-state index contributed by atoms with van der Waals surface area (Å²) in [6, 6.07) is 0. The van der Waals surface area contributed by atoms with Crippen molar-refractivity contribution in [2.24, 2.45) is 0 Å². The van der Waals surface area contributed by atoms with E-state index in [4.69, 9.17) is 61.6 Å². The summed E-state index contributed by atoms with van der Waals surface area (Å²) in [5.41, 5.74) is 0. The zero-order chi connectivity index (χ0) is 36.7. The molecule has 0 spiro atoms. The zero-order valence-corrected chi connectivity index (χ0v) is 30.1. The van der Waals surface area contributed by atoms with Crippen molar-refractivity contribution in [1.82, 2.24) is 4.90 Å². The van der Waals surface area contributed by atoms with Crippen LogP contribution in [0.15, 0.2) is 12.2 Å². The molecule has 1 aliphatic heterocycles. The lowest BCUT2D eigenvalue weighted by molar-refractivity contribution is -0.146. The van der Waals surface area contributed by atoms with E-state index in [9.17, 15) is 14.4 Å². The van der Waals surface area contributed by atoms with Crippen molar-refractivity contribution < 1.29 is 80.7 Å². The average Bonchev–Trinajstić information content (AvgIpc) is 3.46. The van der Waals surface area contributed by atoms with Crippen LogP contribution in [0.1, 0.15) is 0 Å². The molecule has 0 radical (unpaired) electrons. The lowest BCUT2D eigenvalue weighted by Gasteiger charge is -2.13. The standard InChI is InChI=1S/C33H59NO17/c1-38-33(37)30-51-29-28-50-27-26-49-25-24-48-23-22-47-21-20-46-19-18-45-17-16-44-15-14-43-13-12-42-11-10-41-9-8-40-7-6-39-5-4-34-31(35)2-3-32(34)36/h2-3H,4-30H2,1H3. The average molecular weight is 742 g/mol. The van der Waals surface area contributed by atoms with Crippen LogP contribution >= 0.6 is 0 Å². The smallest absolute Gasteiger partial charge is 0.331 e. The van der Waals surface area contributed by atoms with Crippen LogP contribution in [0, 0.1) is 0 Å². The highest BCUT2D eigenvalue weighted by Gasteiger charge is 2.22. The van der Waals surface area contributed by atoms with E-state index < -0.39 is 5.97 Å². The fraction of sp³-hybridized carbons (Fsp3) is 0.848. The van der Waals surface area contributed by atoms with Gasteiger partial charge in [0.2, 0.25) is 0 Å². The molecule has 0 aromatic heterocycles. The Morgan fingerprint density at radius 3 is 0.843 bits per heavy atom. The molecule has 298 valence electrons. The molecule has 0 fully saturated rings. The topological polar surface area (TPSA) is 184 Å². The summed E-state index contributed by atoms with van der Waals surface area (Å²) in [6.07, 6.45) is 2.50. The van der Waals surface area contributed by atoms with Gasteiger partial charge in [-0.05, 0) is 0 Å². The van der Waals surface area contributed by atoms with Gasteiger partial charge in [-0.1, -0.05) is 0 Å². The van der Waals surface area contributed by atoms with Crippen molar-refractivity contribution in [2.75, 3.05) is 185 Å². The molecule has 0 unspecified atom stereocenters. The van der Waals surface area contributed by atoms with Crippen LogP contribution < -0.4 is 0 Å². The van der Waals surface area contributed by atoms with Crippen molar-refractivity contribution in [1.29, 1.82) is 0 Å². The number of methoxy groups -OCH3 is 1. The highest BCUT2D eigenvalue weighted by atomic mass is 16.6. The van der Waals surface area contributed by atoms with E-state index in [2.05, 4.69) is 4.74 Å². The summed E-state index contributed by atoms with van der Waals surface area (Å²) in [7, 11) is 1.31. The quantitative estimate of drug-likeness (QED) is 0.0435. The third kappa shape index (κ3) is 32.2. The minimum absolute atomic E-state index is 0.0772. The van der Waals surface area contributed by atoms with Gasteiger partial charge in [0.1, 0.15) is 6.61 Å². The molecule has 0 atom stereocenters. The number of carbonyl (C=O) groups excluding carboxylic acids is 3. The maximum Gasteiger partial charge on any atom is 0.331 e. The van der Waals surface area contributed by atoms with Crippen molar-refractivity contribution in [3.05, 3.63) is 12.2 Å². The molecule has 1 aliphatic rings. The first kappa shape index (κ1) is 46.9. The molecule has 0 aromatic carbocycles. The molecule has 18 nitrogen and oxygen atoms in total. The third-order valence-corrected chi connectivity index (χ3v) is 6.27. The summed E-state index contributed by atoms with van der Waals surface area (Å²) in [5.74, 6) is -1.04. The fourth-order valence-electron chi connectivity index (χ4n) is 3.66. The number of hydrogen-bond acceptors (Lipinski definition) is 17. The Kier molecular flexibility index (Phi) is 34.5. The Balaban J connectivity index is 1.62. The van der Waals surface area contributed by atoms with Crippen LogP contribution in [0.5, 0.6) is 0 Å². The molecular formula is C33H59NO17. The van der Waals surface area contributed by atoms with Crippen LogP contribution in [0.25, 0.3) is 0 Å². The third-order valence-electron chi connectivity index (χ3n) is 6.27. The lowest BCUT2D eigenvalue weighted by Crippen LogP contribution is -2.33. The number of ether oxygens (including phenoxy) is 14. The van der Waals surface area contributed by atoms with Gasteiger partial charge in [0.25, 0.3) is 11.8 Å². The molecular weight excluding hydrogens is 682 g/mol. The van der Waals surface area contributed by atoms with Crippen LogP contribution in [0.3, 0.4) is 0 Å². The molecule has 51 heavy (non-hydrogen) atoms. The van der Waals surface area contributed by atoms with Gasteiger partial charge < -0.3 is 66.3 Å². The molecule has 1 heterocycles. The molecule has 0 bridgehead atoms. The summed E-state index contributed by atoms with van der Waals surface area (Å²) in [4.78, 5) is 34.8. The SMILES string of the molecule is COC(=O)COCCOCCOCCOCCOCCOCCOCCOCCOCCOCCOCCOCCOCCN1C(=O)C=CC1=O. The second kappa shape index (κ2) is 37.6. The van der Waals surface area contributed by atoms with Gasteiger partial charge in [-0.2, -0.15) is 0 Å². The minimum Gasteiger partial charge on any atom is -0.467 e. The van der Waals surface area contributed by atoms with Gasteiger partial charge in [-0.3, -0.25) is 14.5 Å². The number of hydrogen-bond donors (Lipinski definition) is 0. The number of carbonyl (C=O) groups is 3. The predicted molar refractivity (Wildman–Crippen MR) is 179 cm³/mol. The number of nitrogens with zero attached hydrogens (tertiary/aromatic N) is 1. The van der Waals surface area contributed by atoms with Gasteiger partial charge in [-0.15, -0.1) is 0 Å². The van der Waals surface area contributed by atoms with E-state index in [1.807, 2.05) is 0 Å². The highest BCUT2D eigenvalue weighted by Crippen LogP contribution is 2.02. The van der Waals surface area contributed by atoms with Crippen LogP contribution in [0.4, 0.5) is 0 Å². The summed E-state index contributed by atoms with van der Waals surface area (Å²) in [5, 5.41) is 0. The molecule has 1 rings (SSSR count). The summed E-state index contributed by atoms with van der Waals surface area (Å²) >= 11 is 0. The first-order valence-electron chi connectivity index (χ1n) is 17.3. The Bertz CT molecular complexity index is 832. The van der Waals surface area contributed by atoms with E-state index in [1.165, 1.54) is 19.3 Å². The highest BCUT2D eigenvalue weighted by molar-refractivity contribution is 6.12. The summed E-state index contributed by atoms with van der Waals surface area (Å²) in [6.45, 7) is 11.3. The number of rotatable bonds is 41. The first-order valence-corrected chi connectivity index (χ1v) is 17.3. The van der Waals surface area contributed by atoms with Crippen molar-refractivity contribution in [3.8, 4) is 0 Å². The monoisotopic (exact) mass is 741 g/mol. The normalized spacial score (nSPS) is 12.8. The van der Waals surface area contributed by atoms with E-state index in [-0.39, 0.29) is 31.6 Å². The van der Waals surface area contributed by atoms with Gasteiger partial charge >= 0.3 is 5.97 Å². The van der Waals surface area contributed by atoms with Gasteiger partial charge in [0.05, 0.1) is 179 Å². The van der Waals surface area contributed by atoms with Crippen molar-refractivity contribution >= 4 is 17.8 Å². The van der Waals surface area contributed by atoms with E-state index >= 15 is 0 Å². The molecule has 0 N–H and O–H groups in total. The number of amides is 2. The minimum atomic E-state index is -0.414. The molecule has 2 amide bonds. The van der Waals surface area contributed by atoms with Crippen molar-refractivity contribution in [3.63, 3.8) is 0 Å². The zero-order valence-electron chi connectivity index (χ0n) is 30.1. The van der Waals surface area contributed by atoms with Crippen LogP contribution in [-0.2, 0) is 80.7 Å². The Labute approximate surface area is 301 Å². The molecule has 0 saturated carbocycles. The Morgan fingerprint density at radius 1 is 0.392 bits per heavy atom. The molecule has 0 aliphatic carbocycles. The fourth-order valence-corrected chi connectivity index (χ4v) is 3.66. The Morgan fingerprint density at radius 2 is 0.608 bits per heavy atom. The van der Waals surface area contributed by atoms with Crippen LogP contribution in [-0.4, -0.2) is 208 Å². The second-order valence-electron chi connectivity index (χ2n) is 10.1. The second-order valence-corrected chi connectivity index (χ2v) is 10.1. The molecule has 18 heteroatoms. The molecule has 0 aromatic rings. The molecule has 0 saturated heterocycles.